The van der Waals surface area contributed by atoms with E-state index in [1.54, 1.807) is 0 Å². The summed E-state index contributed by atoms with van der Waals surface area (Å²) in [6.45, 7) is 2.00. The van der Waals surface area contributed by atoms with Crippen LogP contribution in [0.1, 0.15) is 33.6 Å². The number of aromatic amines is 1. The lowest BCUT2D eigenvalue weighted by Gasteiger charge is -2.23. The van der Waals surface area contributed by atoms with Gasteiger partial charge in [-0.2, -0.15) is 0 Å². The highest BCUT2D eigenvalue weighted by molar-refractivity contribution is 6.31. The number of amides is 1. The van der Waals surface area contributed by atoms with Gasteiger partial charge in [-0.3, -0.25) is 4.79 Å². The molecular weight excluding hydrogens is 320 g/mol. The minimum atomic E-state index is 0.00465. The molecule has 0 radical (unpaired) electrons. The Morgan fingerprint density at radius 1 is 1.25 bits per heavy atom. The number of H-pyrrole nitrogens is 1. The summed E-state index contributed by atoms with van der Waals surface area (Å²) in [5, 5.41) is 5.11. The zero-order chi connectivity index (χ0) is 16.7. The van der Waals surface area contributed by atoms with E-state index in [0.29, 0.717) is 0 Å². The molecular formula is C20H19ClN2O. The Hall–Kier alpha value is -2.26. The van der Waals surface area contributed by atoms with Crippen LogP contribution in [0.5, 0.6) is 0 Å². The van der Waals surface area contributed by atoms with Crippen LogP contribution >= 0.6 is 11.6 Å². The first-order valence-corrected chi connectivity index (χ1v) is 8.64. The monoisotopic (exact) mass is 338 g/mol. The first-order valence-electron chi connectivity index (χ1n) is 8.26. The molecule has 0 fully saturated rings. The number of aryl methyl sites for hydroxylation is 2. The lowest BCUT2D eigenvalue weighted by atomic mass is 9.91. The summed E-state index contributed by atoms with van der Waals surface area (Å²) >= 11 is 6.15. The molecule has 0 aliphatic heterocycles. The van der Waals surface area contributed by atoms with Crippen molar-refractivity contribution in [3.05, 3.63) is 69.9 Å². The number of carbonyl (C=O) groups excluding carboxylic acids is 1. The molecule has 4 heteroatoms. The summed E-state index contributed by atoms with van der Waals surface area (Å²) in [6.07, 6.45) is 2.73. The summed E-state index contributed by atoms with van der Waals surface area (Å²) < 4.78 is 0. The minimum Gasteiger partial charge on any atom is -0.358 e. The molecule has 4 rings (SSSR count). The van der Waals surface area contributed by atoms with Crippen LogP contribution in [-0.2, 0) is 12.8 Å². The molecule has 1 aromatic heterocycles. The van der Waals surface area contributed by atoms with Crippen molar-refractivity contribution in [3.63, 3.8) is 0 Å². The van der Waals surface area contributed by atoms with E-state index in [0.717, 1.165) is 40.9 Å². The Labute approximate surface area is 146 Å². The van der Waals surface area contributed by atoms with Gasteiger partial charge in [0.2, 0.25) is 0 Å². The van der Waals surface area contributed by atoms with Gasteiger partial charge in [0.05, 0.1) is 0 Å². The van der Waals surface area contributed by atoms with E-state index in [9.17, 15) is 4.79 Å². The zero-order valence-corrected chi connectivity index (χ0v) is 14.3. The molecule has 2 aromatic carbocycles. The van der Waals surface area contributed by atoms with Crippen LogP contribution in [0, 0.1) is 6.92 Å². The summed E-state index contributed by atoms with van der Waals surface area (Å²) in [6, 6.07) is 13.8. The molecule has 3 aromatic rings. The van der Waals surface area contributed by atoms with Crippen molar-refractivity contribution in [3.8, 4) is 0 Å². The molecule has 0 saturated heterocycles. The largest absolute Gasteiger partial charge is 0.358 e. The van der Waals surface area contributed by atoms with E-state index >= 15 is 0 Å². The molecule has 1 unspecified atom stereocenters. The van der Waals surface area contributed by atoms with Gasteiger partial charge in [0.1, 0.15) is 0 Å². The second-order valence-electron chi connectivity index (χ2n) is 6.55. The molecule has 2 N–H and O–H groups in total. The van der Waals surface area contributed by atoms with Gasteiger partial charge in [-0.25, -0.2) is 0 Å². The topological polar surface area (TPSA) is 44.9 Å². The number of rotatable bonds is 2. The quantitative estimate of drug-likeness (QED) is 0.714. The molecule has 3 nitrogen and oxygen atoms in total. The highest BCUT2D eigenvalue weighted by Gasteiger charge is 2.24. The van der Waals surface area contributed by atoms with Gasteiger partial charge in [-0.1, -0.05) is 29.3 Å². The number of nitrogens with one attached hydrogen (secondary N) is 2. The van der Waals surface area contributed by atoms with Crippen molar-refractivity contribution in [1.82, 2.24) is 10.3 Å². The van der Waals surface area contributed by atoms with Gasteiger partial charge in [0.15, 0.2) is 0 Å². The smallest absolute Gasteiger partial charge is 0.251 e. The first-order chi connectivity index (χ1) is 11.6. The zero-order valence-electron chi connectivity index (χ0n) is 13.5. The Morgan fingerprint density at radius 3 is 2.96 bits per heavy atom. The summed E-state index contributed by atoms with van der Waals surface area (Å²) in [5.74, 6) is 0.00465. The van der Waals surface area contributed by atoms with E-state index in [4.69, 9.17) is 11.6 Å². The van der Waals surface area contributed by atoms with E-state index in [1.165, 1.54) is 16.6 Å². The SMILES string of the molecule is Cc1cccc(C(=O)NC2CCc3[nH]c4ccc(Cl)cc4c3C2)c1. The molecule has 0 spiro atoms. The van der Waals surface area contributed by atoms with Gasteiger partial charge in [0, 0.05) is 33.2 Å². The number of carbonyl (C=O) groups is 1. The highest BCUT2D eigenvalue weighted by Crippen LogP contribution is 2.31. The van der Waals surface area contributed by atoms with Crippen LogP contribution in [0.2, 0.25) is 5.02 Å². The molecule has 0 saturated carbocycles. The van der Waals surface area contributed by atoms with Crippen molar-refractivity contribution in [2.45, 2.75) is 32.2 Å². The van der Waals surface area contributed by atoms with E-state index in [-0.39, 0.29) is 11.9 Å². The van der Waals surface area contributed by atoms with Crippen molar-refractivity contribution in [2.75, 3.05) is 0 Å². The van der Waals surface area contributed by atoms with Gasteiger partial charge in [0.25, 0.3) is 5.91 Å². The van der Waals surface area contributed by atoms with E-state index < -0.39 is 0 Å². The molecule has 1 atom stereocenters. The maximum Gasteiger partial charge on any atom is 0.251 e. The Morgan fingerprint density at radius 2 is 2.12 bits per heavy atom. The normalized spacial score (nSPS) is 16.8. The van der Waals surface area contributed by atoms with E-state index in [2.05, 4.69) is 10.3 Å². The van der Waals surface area contributed by atoms with Gasteiger partial charge in [-0.15, -0.1) is 0 Å². The molecule has 1 amide bonds. The van der Waals surface area contributed by atoms with Crippen LogP contribution in [0.4, 0.5) is 0 Å². The van der Waals surface area contributed by atoms with Gasteiger partial charge in [-0.05, 0) is 62.1 Å². The number of hydrogen-bond donors (Lipinski definition) is 2. The highest BCUT2D eigenvalue weighted by atomic mass is 35.5. The van der Waals surface area contributed by atoms with Gasteiger partial charge >= 0.3 is 0 Å². The van der Waals surface area contributed by atoms with Crippen molar-refractivity contribution < 1.29 is 4.79 Å². The van der Waals surface area contributed by atoms with Crippen LogP contribution in [0.15, 0.2) is 42.5 Å². The summed E-state index contributed by atoms with van der Waals surface area (Å²) in [5.41, 5.74) is 5.50. The molecule has 1 aliphatic carbocycles. The van der Waals surface area contributed by atoms with E-state index in [1.807, 2.05) is 49.4 Å². The Balaban J connectivity index is 1.57. The summed E-state index contributed by atoms with van der Waals surface area (Å²) in [4.78, 5) is 16.0. The number of hydrogen-bond acceptors (Lipinski definition) is 1. The third kappa shape index (κ3) is 2.80. The lowest BCUT2D eigenvalue weighted by Crippen LogP contribution is -2.38. The standard InChI is InChI=1S/C20H19ClN2O/c1-12-3-2-4-13(9-12)20(24)22-15-6-8-19-17(11-15)16-10-14(21)5-7-18(16)23-19/h2-5,7,9-10,15,23H,6,8,11H2,1H3,(H,22,24). The van der Waals surface area contributed by atoms with Crippen molar-refractivity contribution in [1.29, 1.82) is 0 Å². The third-order valence-electron chi connectivity index (χ3n) is 4.77. The molecule has 0 bridgehead atoms. The van der Waals surface area contributed by atoms with Crippen LogP contribution in [0.3, 0.4) is 0 Å². The predicted octanol–water partition coefficient (Wildman–Crippen LogP) is 4.42. The second-order valence-corrected chi connectivity index (χ2v) is 6.99. The number of aromatic nitrogens is 1. The molecule has 1 heterocycles. The molecule has 1 aliphatic rings. The second kappa shape index (κ2) is 5.99. The fourth-order valence-corrected chi connectivity index (χ4v) is 3.74. The van der Waals surface area contributed by atoms with Crippen molar-refractivity contribution in [2.24, 2.45) is 0 Å². The Bertz CT molecular complexity index is 929. The average molecular weight is 339 g/mol. The van der Waals surface area contributed by atoms with Crippen LogP contribution in [0.25, 0.3) is 10.9 Å². The third-order valence-corrected chi connectivity index (χ3v) is 5.00. The predicted molar refractivity (Wildman–Crippen MR) is 97.8 cm³/mol. The first kappa shape index (κ1) is 15.3. The maximum atomic E-state index is 12.5. The van der Waals surface area contributed by atoms with Crippen LogP contribution < -0.4 is 5.32 Å². The number of benzene rings is 2. The van der Waals surface area contributed by atoms with Crippen molar-refractivity contribution >= 4 is 28.4 Å². The summed E-state index contributed by atoms with van der Waals surface area (Å²) in [7, 11) is 0. The maximum absolute atomic E-state index is 12.5. The minimum absolute atomic E-state index is 0.00465. The van der Waals surface area contributed by atoms with Gasteiger partial charge < -0.3 is 10.3 Å². The van der Waals surface area contributed by atoms with Crippen LogP contribution in [-0.4, -0.2) is 16.9 Å². The fraction of sp³-hybridized carbons (Fsp3) is 0.250. The fourth-order valence-electron chi connectivity index (χ4n) is 3.57. The Kier molecular flexibility index (Phi) is 3.81. The average Bonchev–Trinajstić information content (AvgIpc) is 2.92. The lowest BCUT2D eigenvalue weighted by molar-refractivity contribution is 0.0933. The molecule has 24 heavy (non-hydrogen) atoms. The number of halogens is 1. The number of fused-ring (bicyclic) bond motifs is 3. The molecule has 122 valence electrons.